The minimum atomic E-state index is -3.10. The first-order valence-electron chi connectivity index (χ1n) is 8.03. The minimum Gasteiger partial charge on any atom is -0.374 e. The molecular formula is C15H28N4O3S. The van der Waals surface area contributed by atoms with Crippen LogP contribution in [-0.4, -0.2) is 79.6 Å². The number of rotatable bonds is 7. The van der Waals surface area contributed by atoms with Gasteiger partial charge in [-0.05, 0) is 32.9 Å². The molecule has 23 heavy (non-hydrogen) atoms. The molecule has 0 unspecified atom stereocenters. The standard InChI is InChI=1S/C15H28N4O3S/c1-13-10-14(2)19(16-13)12-15-11-18(7-8-22-15)6-5-9-23(20,21)17(3)4/h10,15H,5-9,11-12H2,1-4H3/t15-/m0/s1. The van der Waals surface area contributed by atoms with Crippen LogP contribution in [0.15, 0.2) is 6.07 Å². The first-order valence-corrected chi connectivity index (χ1v) is 9.64. The van der Waals surface area contributed by atoms with Gasteiger partial charge in [-0.1, -0.05) is 0 Å². The van der Waals surface area contributed by atoms with E-state index in [9.17, 15) is 8.42 Å². The predicted octanol–water partition coefficient (Wildman–Crippen LogP) is 0.482. The fourth-order valence-corrected chi connectivity index (χ4v) is 3.66. The number of hydrogen-bond donors (Lipinski definition) is 0. The van der Waals surface area contributed by atoms with E-state index in [0.29, 0.717) is 13.0 Å². The van der Waals surface area contributed by atoms with Gasteiger partial charge >= 0.3 is 0 Å². The van der Waals surface area contributed by atoms with E-state index in [1.807, 2.05) is 18.5 Å². The van der Waals surface area contributed by atoms with Crippen LogP contribution in [0.5, 0.6) is 0 Å². The third kappa shape index (κ3) is 5.27. The monoisotopic (exact) mass is 344 g/mol. The smallest absolute Gasteiger partial charge is 0.213 e. The lowest BCUT2D eigenvalue weighted by molar-refractivity contribution is -0.0375. The van der Waals surface area contributed by atoms with Crippen molar-refractivity contribution in [1.29, 1.82) is 0 Å². The van der Waals surface area contributed by atoms with Gasteiger partial charge < -0.3 is 4.74 Å². The second-order valence-corrected chi connectivity index (χ2v) is 8.66. The van der Waals surface area contributed by atoms with Crippen LogP contribution in [0.3, 0.4) is 0 Å². The second kappa shape index (κ2) is 7.74. The maximum Gasteiger partial charge on any atom is 0.213 e. The highest BCUT2D eigenvalue weighted by atomic mass is 32.2. The highest BCUT2D eigenvalue weighted by Crippen LogP contribution is 2.11. The van der Waals surface area contributed by atoms with Crippen molar-refractivity contribution in [3.63, 3.8) is 0 Å². The van der Waals surface area contributed by atoms with E-state index in [-0.39, 0.29) is 11.9 Å². The molecule has 2 heterocycles. The lowest BCUT2D eigenvalue weighted by atomic mass is 10.2. The molecule has 0 amide bonds. The average molecular weight is 344 g/mol. The predicted molar refractivity (Wildman–Crippen MR) is 90.0 cm³/mol. The zero-order valence-corrected chi connectivity index (χ0v) is 15.3. The van der Waals surface area contributed by atoms with Crippen molar-refractivity contribution in [3.05, 3.63) is 17.5 Å². The molecule has 1 aromatic heterocycles. The summed E-state index contributed by atoms with van der Waals surface area (Å²) in [6.07, 6.45) is 0.750. The van der Waals surface area contributed by atoms with E-state index in [4.69, 9.17) is 4.74 Å². The molecule has 0 aromatic carbocycles. The van der Waals surface area contributed by atoms with Crippen molar-refractivity contribution in [1.82, 2.24) is 19.0 Å². The van der Waals surface area contributed by atoms with Gasteiger partial charge in [-0.25, -0.2) is 12.7 Å². The molecule has 0 aliphatic carbocycles. The van der Waals surface area contributed by atoms with Crippen molar-refractivity contribution in [2.24, 2.45) is 0 Å². The van der Waals surface area contributed by atoms with E-state index < -0.39 is 10.0 Å². The Bertz CT molecular complexity index is 612. The average Bonchev–Trinajstić information content (AvgIpc) is 2.77. The molecule has 1 aromatic rings. The zero-order chi connectivity index (χ0) is 17.0. The largest absolute Gasteiger partial charge is 0.374 e. The van der Waals surface area contributed by atoms with E-state index in [2.05, 4.69) is 16.1 Å². The van der Waals surface area contributed by atoms with Crippen LogP contribution >= 0.6 is 0 Å². The SMILES string of the molecule is Cc1cc(C)n(C[C@@H]2CN(CCCS(=O)(=O)N(C)C)CCO2)n1. The summed E-state index contributed by atoms with van der Waals surface area (Å²) in [5, 5.41) is 4.48. The Morgan fingerprint density at radius 3 is 2.74 bits per heavy atom. The molecule has 1 fully saturated rings. The summed E-state index contributed by atoms with van der Waals surface area (Å²) in [5.41, 5.74) is 2.16. The van der Waals surface area contributed by atoms with Crippen LogP contribution in [0.1, 0.15) is 17.8 Å². The summed E-state index contributed by atoms with van der Waals surface area (Å²) < 4.78 is 32.7. The van der Waals surface area contributed by atoms with Gasteiger partial charge in [0.25, 0.3) is 0 Å². The van der Waals surface area contributed by atoms with Gasteiger partial charge in [0.15, 0.2) is 0 Å². The van der Waals surface area contributed by atoms with Crippen LogP contribution in [0.25, 0.3) is 0 Å². The fourth-order valence-electron chi connectivity index (χ4n) is 2.80. The summed E-state index contributed by atoms with van der Waals surface area (Å²) in [7, 11) is 0.0531. The summed E-state index contributed by atoms with van der Waals surface area (Å²) >= 11 is 0. The van der Waals surface area contributed by atoms with Crippen LogP contribution in [0.2, 0.25) is 0 Å². The van der Waals surface area contributed by atoms with Gasteiger partial charge in [-0.15, -0.1) is 0 Å². The number of nitrogens with zero attached hydrogens (tertiary/aromatic N) is 4. The first-order chi connectivity index (χ1) is 10.8. The zero-order valence-electron chi connectivity index (χ0n) is 14.5. The molecule has 1 aliphatic rings. The number of sulfonamides is 1. The molecule has 132 valence electrons. The highest BCUT2D eigenvalue weighted by Gasteiger charge is 2.22. The third-order valence-corrected chi connectivity index (χ3v) is 6.05. The molecule has 0 saturated carbocycles. The number of aryl methyl sites for hydroxylation is 2. The van der Waals surface area contributed by atoms with Gasteiger partial charge in [-0.3, -0.25) is 9.58 Å². The maximum absolute atomic E-state index is 11.8. The van der Waals surface area contributed by atoms with Crippen molar-refractivity contribution >= 4 is 10.0 Å². The lowest BCUT2D eigenvalue weighted by Crippen LogP contribution is -2.45. The van der Waals surface area contributed by atoms with Gasteiger partial charge in [0.2, 0.25) is 10.0 Å². The fraction of sp³-hybridized carbons (Fsp3) is 0.800. The van der Waals surface area contributed by atoms with Gasteiger partial charge in [0, 0.05) is 32.9 Å². The molecule has 0 N–H and O–H groups in total. The number of aromatic nitrogens is 2. The van der Waals surface area contributed by atoms with Gasteiger partial charge in [-0.2, -0.15) is 5.10 Å². The van der Waals surface area contributed by atoms with E-state index in [1.54, 1.807) is 14.1 Å². The first kappa shape index (κ1) is 18.4. The second-order valence-electron chi connectivity index (χ2n) is 6.35. The van der Waals surface area contributed by atoms with Crippen molar-refractivity contribution < 1.29 is 13.2 Å². The van der Waals surface area contributed by atoms with Crippen LogP contribution < -0.4 is 0 Å². The van der Waals surface area contributed by atoms with Gasteiger partial charge in [0.05, 0.1) is 30.7 Å². The quantitative estimate of drug-likeness (QED) is 0.720. The van der Waals surface area contributed by atoms with Crippen molar-refractivity contribution in [2.45, 2.75) is 32.9 Å². The summed E-state index contributed by atoms with van der Waals surface area (Å²) in [6.45, 7) is 7.92. The summed E-state index contributed by atoms with van der Waals surface area (Å²) in [6, 6.07) is 2.06. The van der Waals surface area contributed by atoms with Gasteiger partial charge in [0.1, 0.15) is 0 Å². The molecule has 1 saturated heterocycles. The molecule has 0 spiro atoms. The topological polar surface area (TPSA) is 67.7 Å². The Morgan fingerprint density at radius 1 is 1.39 bits per heavy atom. The number of hydrogen-bond acceptors (Lipinski definition) is 5. The van der Waals surface area contributed by atoms with Crippen LogP contribution in [0, 0.1) is 13.8 Å². The molecule has 7 nitrogen and oxygen atoms in total. The molecular weight excluding hydrogens is 316 g/mol. The Morgan fingerprint density at radius 2 is 2.13 bits per heavy atom. The van der Waals surface area contributed by atoms with Crippen LogP contribution in [-0.2, 0) is 21.3 Å². The Labute approximate surface area is 139 Å². The Hall–Kier alpha value is -0.960. The molecule has 1 aliphatic heterocycles. The number of morpholine rings is 1. The minimum absolute atomic E-state index is 0.104. The summed E-state index contributed by atoms with van der Waals surface area (Å²) in [4.78, 5) is 2.28. The van der Waals surface area contributed by atoms with Crippen molar-refractivity contribution in [3.8, 4) is 0 Å². The molecule has 1 atom stereocenters. The van der Waals surface area contributed by atoms with E-state index in [1.165, 1.54) is 4.31 Å². The lowest BCUT2D eigenvalue weighted by Gasteiger charge is -2.33. The van der Waals surface area contributed by atoms with Crippen molar-refractivity contribution in [2.75, 3.05) is 46.1 Å². The maximum atomic E-state index is 11.8. The highest BCUT2D eigenvalue weighted by molar-refractivity contribution is 7.89. The van der Waals surface area contributed by atoms with E-state index >= 15 is 0 Å². The third-order valence-electron chi connectivity index (χ3n) is 4.14. The molecule has 8 heteroatoms. The Balaban J connectivity index is 1.80. The van der Waals surface area contributed by atoms with E-state index in [0.717, 1.165) is 37.6 Å². The Kier molecular flexibility index (Phi) is 6.19. The molecule has 2 rings (SSSR count). The normalized spacial score (nSPS) is 20.3. The van der Waals surface area contributed by atoms with Crippen LogP contribution in [0.4, 0.5) is 0 Å². The molecule has 0 radical (unpaired) electrons. The molecule has 0 bridgehead atoms. The summed E-state index contributed by atoms with van der Waals surface area (Å²) in [5.74, 6) is 0.194. The number of ether oxygens (including phenoxy) is 1.